The van der Waals surface area contributed by atoms with Crippen molar-refractivity contribution in [3.8, 4) is 0 Å². The highest BCUT2D eigenvalue weighted by Crippen LogP contribution is 2.18. The third-order valence-corrected chi connectivity index (χ3v) is 2.97. The summed E-state index contributed by atoms with van der Waals surface area (Å²) in [7, 11) is 0. The maximum absolute atomic E-state index is 13.0. The molecule has 0 aliphatic carbocycles. The summed E-state index contributed by atoms with van der Waals surface area (Å²) in [5, 5.41) is 5.34. The SMILES string of the molecule is Cc1ccc(NC(=O)Nc2ccc(F)cc2C)cc1N. The Morgan fingerprint density at radius 1 is 1.05 bits per heavy atom. The fourth-order valence-electron chi connectivity index (χ4n) is 1.77. The average molecular weight is 273 g/mol. The van der Waals surface area contributed by atoms with Gasteiger partial charge < -0.3 is 16.4 Å². The predicted molar refractivity (Wildman–Crippen MR) is 79.4 cm³/mol. The minimum atomic E-state index is -0.400. The highest BCUT2D eigenvalue weighted by Gasteiger charge is 2.06. The molecule has 0 saturated heterocycles. The van der Waals surface area contributed by atoms with Crippen molar-refractivity contribution in [2.24, 2.45) is 0 Å². The lowest BCUT2D eigenvalue weighted by Gasteiger charge is -2.11. The van der Waals surface area contributed by atoms with Crippen LogP contribution >= 0.6 is 0 Å². The van der Waals surface area contributed by atoms with Gasteiger partial charge in [0.05, 0.1) is 0 Å². The van der Waals surface area contributed by atoms with E-state index in [-0.39, 0.29) is 5.82 Å². The first-order chi connectivity index (χ1) is 9.45. The molecule has 0 aliphatic rings. The fraction of sp³-hybridized carbons (Fsp3) is 0.133. The van der Waals surface area contributed by atoms with Gasteiger partial charge in [-0.2, -0.15) is 0 Å². The van der Waals surface area contributed by atoms with Gasteiger partial charge in [0.1, 0.15) is 5.82 Å². The predicted octanol–water partition coefficient (Wildman–Crippen LogP) is 3.67. The van der Waals surface area contributed by atoms with Gasteiger partial charge in [-0.05, 0) is 55.3 Å². The van der Waals surface area contributed by atoms with Crippen molar-refractivity contribution in [3.63, 3.8) is 0 Å². The largest absolute Gasteiger partial charge is 0.398 e. The van der Waals surface area contributed by atoms with E-state index in [1.807, 2.05) is 13.0 Å². The molecule has 2 aromatic carbocycles. The highest BCUT2D eigenvalue weighted by molar-refractivity contribution is 6.00. The second kappa shape index (κ2) is 5.61. The Balaban J connectivity index is 2.07. The molecule has 0 heterocycles. The van der Waals surface area contributed by atoms with Gasteiger partial charge in [0.15, 0.2) is 0 Å². The number of nitrogens with one attached hydrogen (secondary N) is 2. The summed E-state index contributed by atoms with van der Waals surface area (Å²) < 4.78 is 13.0. The van der Waals surface area contributed by atoms with E-state index in [0.717, 1.165) is 5.56 Å². The van der Waals surface area contributed by atoms with Gasteiger partial charge in [-0.25, -0.2) is 9.18 Å². The standard InChI is InChI=1S/C15H16FN3O/c1-9-3-5-12(8-13(9)17)18-15(20)19-14-6-4-11(16)7-10(14)2/h3-8H,17H2,1-2H3,(H2,18,19,20). The third kappa shape index (κ3) is 3.26. The first-order valence-corrected chi connectivity index (χ1v) is 6.16. The molecular formula is C15H16FN3O. The zero-order chi connectivity index (χ0) is 14.7. The van der Waals surface area contributed by atoms with Crippen molar-refractivity contribution in [3.05, 3.63) is 53.3 Å². The number of carbonyl (C=O) groups excluding carboxylic acids is 1. The van der Waals surface area contributed by atoms with Crippen LogP contribution in [-0.4, -0.2) is 6.03 Å². The molecule has 0 atom stereocenters. The normalized spacial score (nSPS) is 10.2. The van der Waals surface area contributed by atoms with E-state index in [1.54, 1.807) is 19.1 Å². The van der Waals surface area contributed by atoms with Crippen LogP contribution in [0.1, 0.15) is 11.1 Å². The van der Waals surface area contributed by atoms with Crippen molar-refractivity contribution < 1.29 is 9.18 Å². The van der Waals surface area contributed by atoms with E-state index < -0.39 is 6.03 Å². The average Bonchev–Trinajstić information content (AvgIpc) is 2.37. The lowest BCUT2D eigenvalue weighted by atomic mass is 10.2. The summed E-state index contributed by atoms with van der Waals surface area (Å²) >= 11 is 0. The minimum Gasteiger partial charge on any atom is -0.398 e. The topological polar surface area (TPSA) is 67.2 Å². The van der Waals surface area contributed by atoms with Gasteiger partial charge in [0, 0.05) is 17.1 Å². The molecular weight excluding hydrogens is 257 g/mol. The van der Waals surface area contributed by atoms with Gasteiger partial charge in [-0.1, -0.05) is 6.07 Å². The summed E-state index contributed by atoms with van der Waals surface area (Å²) in [6, 6.07) is 9.06. The van der Waals surface area contributed by atoms with Crippen LogP contribution in [0.15, 0.2) is 36.4 Å². The fourth-order valence-corrected chi connectivity index (χ4v) is 1.77. The maximum Gasteiger partial charge on any atom is 0.323 e. The smallest absolute Gasteiger partial charge is 0.323 e. The molecule has 0 aliphatic heterocycles. The van der Waals surface area contributed by atoms with Gasteiger partial charge in [0.25, 0.3) is 0 Å². The number of hydrogen-bond acceptors (Lipinski definition) is 2. The first kappa shape index (κ1) is 13.9. The summed E-state index contributed by atoms with van der Waals surface area (Å²) in [5.74, 6) is -0.334. The maximum atomic E-state index is 13.0. The van der Waals surface area contributed by atoms with Crippen LogP contribution in [0.4, 0.5) is 26.2 Å². The Kier molecular flexibility index (Phi) is 3.89. The summed E-state index contributed by atoms with van der Waals surface area (Å²) in [4.78, 5) is 11.9. The van der Waals surface area contributed by atoms with Crippen molar-refractivity contribution >= 4 is 23.1 Å². The molecule has 2 aromatic rings. The van der Waals surface area contributed by atoms with Crippen molar-refractivity contribution in [2.45, 2.75) is 13.8 Å². The molecule has 0 unspecified atom stereocenters. The molecule has 5 heteroatoms. The Labute approximate surface area is 116 Å². The van der Waals surface area contributed by atoms with Crippen molar-refractivity contribution in [2.75, 3.05) is 16.4 Å². The van der Waals surface area contributed by atoms with E-state index in [4.69, 9.17) is 5.73 Å². The lowest BCUT2D eigenvalue weighted by molar-refractivity contribution is 0.262. The van der Waals surface area contributed by atoms with Crippen LogP contribution in [0.25, 0.3) is 0 Å². The molecule has 104 valence electrons. The Hall–Kier alpha value is -2.56. The molecule has 0 aromatic heterocycles. The molecule has 0 saturated carbocycles. The number of nitrogens with two attached hydrogens (primary N) is 1. The van der Waals surface area contributed by atoms with Gasteiger partial charge in [-0.3, -0.25) is 0 Å². The lowest BCUT2D eigenvalue weighted by Crippen LogP contribution is -2.20. The Morgan fingerprint density at radius 2 is 1.80 bits per heavy atom. The molecule has 2 amide bonds. The Morgan fingerprint density at radius 3 is 2.45 bits per heavy atom. The summed E-state index contributed by atoms with van der Waals surface area (Å²) in [6.45, 7) is 3.61. The second-order valence-electron chi connectivity index (χ2n) is 4.61. The zero-order valence-corrected chi connectivity index (χ0v) is 11.3. The molecule has 0 spiro atoms. The molecule has 4 N–H and O–H groups in total. The number of anilines is 3. The zero-order valence-electron chi connectivity index (χ0n) is 11.3. The van der Waals surface area contributed by atoms with Crippen LogP contribution in [0, 0.1) is 19.7 Å². The third-order valence-electron chi connectivity index (χ3n) is 2.97. The van der Waals surface area contributed by atoms with E-state index in [0.29, 0.717) is 22.6 Å². The molecule has 0 fully saturated rings. The molecule has 0 bridgehead atoms. The molecule has 20 heavy (non-hydrogen) atoms. The van der Waals surface area contributed by atoms with Crippen LogP contribution in [0.3, 0.4) is 0 Å². The number of rotatable bonds is 2. The number of hydrogen-bond donors (Lipinski definition) is 3. The number of amides is 2. The van der Waals surface area contributed by atoms with Crippen LogP contribution in [0.2, 0.25) is 0 Å². The number of nitrogen functional groups attached to an aromatic ring is 1. The van der Waals surface area contributed by atoms with Crippen LogP contribution in [-0.2, 0) is 0 Å². The van der Waals surface area contributed by atoms with E-state index in [2.05, 4.69) is 10.6 Å². The van der Waals surface area contributed by atoms with E-state index >= 15 is 0 Å². The van der Waals surface area contributed by atoms with Gasteiger partial charge in [-0.15, -0.1) is 0 Å². The van der Waals surface area contributed by atoms with Crippen molar-refractivity contribution in [1.29, 1.82) is 0 Å². The van der Waals surface area contributed by atoms with Crippen LogP contribution in [0.5, 0.6) is 0 Å². The number of halogens is 1. The number of urea groups is 1. The quantitative estimate of drug-likeness (QED) is 0.731. The monoisotopic (exact) mass is 273 g/mol. The molecule has 2 rings (SSSR count). The number of benzene rings is 2. The molecule has 0 radical (unpaired) electrons. The van der Waals surface area contributed by atoms with Crippen molar-refractivity contribution in [1.82, 2.24) is 0 Å². The number of aryl methyl sites for hydroxylation is 2. The van der Waals surface area contributed by atoms with E-state index in [9.17, 15) is 9.18 Å². The number of carbonyl (C=O) groups is 1. The summed E-state index contributed by atoms with van der Waals surface area (Å²) in [5.41, 5.74) is 9.16. The minimum absolute atomic E-state index is 0.334. The van der Waals surface area contributed by atoms with E-state index in [1.165, 1.54) is 18.2 Å². The van der Waals surface area contributed by atoms with Gasteiger partial charge >= 0.3 is 6.03 Å². The highest BCUT2D eigenvalue weighted by atomic mass is 19.1. The first-order valence-electron chi connectivity index (χ1n) is 6.16. The van der Waals surface area contributed by atoms with Crippen LogP contribution < -0.4 is 16.4 Å². The second-order valence-corrected chi connectivity index (χ2v) is 4.61. The van der Waals surface area contributed by atoms with Gasteiger partial charge in [0.2, 0.25) is 0 Å². The Bertz CT molecular complexity index is 656. The summed E-state index contributed by atoms with van der Waals surface area (Å²) in [6.07, 6.45) is 0. The molecule has 4 nitrogen and oxygen atoms in total.